The minimum atomic E-state index is -0.904. The number of aromatic nitrogens is 2. The number of fused-ring (bicyclic) bond motifs is 1. The summed E-state index contributed by atoms with van der Waals surface area (Å²) in [4.78, 5) is 24.5. The molecule has 0 aliphatic heterocycles. The highest BCUT2D eigenvalue weighted by molar-refractivity contribution is 7.20. The molecule has 3 N–H and O–H groups in total. The van der Waals surface area contributed by atoms with Gasteiger partial charge in [-0.15, -0.1) is 11.3 Å². The molecular formula is C17H24N4O3S. The second-order valence-electron chi connectivity index (χ2n) is 6.48. The second kappa shape index (κ2) is 7.97. The first-order chi connectivity index (χ1) is 12.1. The molecule has 136 valence electrons. The van der Waals surface area contributed by atoms with E-state index in [0.717, 1.165) is 28.8 Å². The van der Waals surface area contributed by atoms with Crippen molar-refractivity contribution in [1.82, 2.24) is 20.4 Å². The second-order valence-corrected chi connectivity index (χ2v) is 7.51. The number of aryl methyl sites for hydroxylation is 1. The van der Waals surface area contributed by atoms with Crippen molar-refractivity contribution in [2.24, 2.45) is 0 Å². The summed E-state index contributed by atoms with van der Waals surface area (Å²) in [5.74, 6) is -1.02. The number of thiophene rings is 1. The molecule has 0 atom stereocenters. The van der Waals surface area contributed by atoms with E-state index >= 15 is 0 Å². The maximum Gasteiger partial charge on any atom is 0.317 e. The molecule has 2 aromatic rings. The van der Waals surface area contributed by atoms with Crippen molar-refractivity contribution in [2.45, 2.75) is 45.1 Å². The Morgan fingerprint density at radius 1 is 1.32 bits per heavy atom. The number of nitrogens with one attached hydrogen (secondary N) is 2. The molecule has 3 rings (SSSR count). The molecule has 0 radical (unpaired) electrons. The molecule has 25 heavy (non-hydrogen) atoms. The third-order valence-electron chi connectivity index (χ3n) is 4.58. The van der Waals surface area contributed by atoms with Crippen molar-refractivity contribution < 1.29 is 14.7 Å². The van der Waals surface area contributed by atoms with Crippen LogP contribution in [0.5, 0.6) is 0 Å². The third kappa shape index (κ3) is 4.19. The topological polar surface area (TPSA) is 96.3 Å². The fourth-order valence-electron chi connectivity index (χ4n) is 3.30. The van der Waals surface area contributed by atoms with E-state index in [9.17, 15) is 9.59 Å². The summed E-state index contributed by atoms with van der Waals surface area (Å²) in [5.41, 5.74) is 0.971. The first-order valence-corrected chi connectivity index (χ1v) is 9.57. The highest BCUT2D eigenvalue weighted by Gasteiger charge is 2.22. The Hall–Kier alpha value is -1.93. The van der Waals surface area contributed by atoms with Gasteiger partial charge in [0.15, 0.2) is 0 Å². The Morgan fingerprint density at radius 2 is 2.08 bits per heavy atom. The van der Waals surface area contributed by atoms with Crippen LogP contribution in [0.3, 0.4) is 0 Å². The van der Waals surface area contributed by atoms with Crippen LogP contribution in [0.4, 0.5) is 0 Å². The summed E-state index contributed by atoms with van der Waals surface area (Å²) in [7, 11) is 0. The van der Waals surface area contributed by atoms with Gasteiger partial charge in [-0.05, 0) is 25.8 Å². The molecular weight excluding hydrogens is 340 g/mol. The molecule has 8 heteroatoms. The van der Waals surface area contributed by atoms with Gasteiger partial charge in [0.05, 0.1) is 23.2 Å². The molecule has 1 aliphatic rings. The average Bonchev–Trinajstić information content (AvgIpc) is 3.16. The fourth-order valence-corrected chi connectivity index (χ4v) is 4.45. The summed E-state index contributed by atoms with van der Waals surface area (Å²) >= 11 is 1.49. The summed E-state index contributed by atoms with van der Waals surface area (Å²) in [6.07, 6.45) is 6.10. The zero-order chi connectivity index (χ0) is 17.8. The molecule has 2 heterocycles. The van der Waals surface area contributed by atoms with Crippen LogP contribution >= 0.6 is 11.3 Å². The lowest BCUT2D eigenvalue weighted by molar-refractivity contribution is -0.135. The van der Waals surface area contributed by atoms with E-state index in [1.807, 2.05) is 13.0 Å². The summed E-state index contributed by atoms with van der Waals surface area (Å²) in [6.45, 7) is 2.72. The predicted molar refractivity (Wildman–Crippen MR) is 97.3 cm³/mol. The van der Waals surface area contributed by atoms with E-state index in [-0.39, 0.29) is 12.5 Å². The molecule has 0 unspecified atom stereocenters. The van der Waals surface area contributed by atoms with Crippen LogP contribution in [0, 0.1) is 6.92 Å². The van der Waals surface area contributed by atoms with Crippen molar-refractivity contribution >= 4 is 33.4 Å². The van der Waals surface area contributed by atoms with Crippen LogP contribution in [-0.2, 0) is 4.79 Å². The van der Waals surface area contributed by atoms with E-state index in [0.29, 0.717) is 24.0 Å². The molecule has 0 saturated heterocycles. The van der Waals surface area contributed by atoms with E-state index in [4.69, 9.17) is 10.2 Å². The molecule has 2 aromatic heterocycles. The highest BCUT2D eigenvalue weighted by Crippen LogP contribution is 2.35. The Morgan fingerprint density at radius 3 is 2.80 bits per heavy atom. The van der Waals surface area contributed by atoms with Crippen molar-refractivity contribution in [3.63, 3.8) is 0 Å². The van der Waals surface area contributed by atoms with Gasteiger partial charge in [-0.25, -0.2) is 0 Å². The zero-order valence-electron chi connectivity index (χ0n) is 14.4. The van der Waals surface area contributed by atoms with Gasteiger partial charge in [-0.2, -0.15) is 5.10 Å². The summed E-state index contributed by atoms with van der Waals surface area (Å²) < 4.78 is 2.12. The maximum absolute atomic E-state index is 12.3. The monoisotopic (exact) mass is 364 g/mol. The molecule has 1 aliphatic carbocycles. The number of carboxylic acid groups (broad SMARTS) is 1. The number of rotatable bonds is 7. The number of amides is 1. The Balaban J connectivity index is 1.66. The van der Waals surface area contributed by atoms with Crippen LogP contribution in [-0.4, -0.2) is 46.4 Å². The molecule has 0 aromatic carbocycles. The standard InChI is InChI=1S/C17H24N4O3S/c1-11-13-9-14(16(24)19-8-7-18-10-15(22)23)25-17(13)21(20-11)12-5-3-2-4-6-12/h9,12,18H,2-8,10H2,1H3,(H,19,24)(H,22,23). The molecule has 1 saturated carbocycles. The lowest BCUT2D eigenvalue weighted by Crippen LogP contribution is -2.33. The Kier molecular flexibility index (Phi) is 5.70. The zero-order valence-corrected chi connectivity index (χ0v) is 15.2. The van der Waals surface area contributed by atoms with Crippen LogP contribution in [0.15, 0.2) is 6.07 Å². The quantitative estimate of drug-likeness (QED) is 0.655. The normalized spacial score (nSPS) is 15.6. The van der Waals surface area contributed by atoms with Crippen LogP contribution < -0.4 is 10.6 Å². The van der Waals surface area contributed by atoms with E-state index in [1.165, 1.54) is 30.6 Å². The van der Waals surface area contributed by atoms with E-state index < -0.39 is 5.97 Å². The van der Waals surface area contributed by atoms with Crippen molar-refractivity contribution in [1.29, 1.82) is 0 Å². The number of hydrogen-bond acceptors (Lipinski definition) is 5. The van der Waals surface area contributed by atoms with Crippen molar-refractivity contribution in [2.75, 3.05) is 19.6 Å². The smallest absolute Gasteiger partial charge is 0.317 e. The van der Waals surface area contributed by atoms with Gasteiger partial charge < -0.3 is 15.7 Å². The van der Waals surface area contributed by atoms with Gasteiger partial charge >= 0.3 is 5.97 Å². The van der Waals surface area contributed by atoms with Crippen molar-refractivity contribution in [3.8, 4) is 0 Å². The SMILES string of the molecule is Cc1nn(C2CCCCC2)c2sc(C(=O)NCCNCC(=O)O)cc12. The number of nitrogens with zero attached hydrogens (tertiary/aromatic N) is 2. The first-order valence-electron chi connectivity index (χ1n) is 8.75. The number of aliphatic carboxylic acids is 1. The van der Waals surface area contributed by atoms with Gasteiger partial charge in [0, 0.05) is 18.5 Å². The number of carbonyl (C=O) groups excluding carboxylic acids is 1. The first kappa shape index (κ1) is 17.9. The van der Waals surface area contributed by atoms with E-state index in [1.54, 1.807) is 0 Å². The summed E-state index contributed by atoms with van der Waals surface area (Å²) in [5, 5.41) is 19.9. The van der Waals surface area contributed by atoms with Gasteiger partial charge in [-0.1, -0.05) is 19.3 Å². The average molecular weight is 364 g/mol. The predicted octanol–water partition coefficient (Wildman–Crippen LogP) is 2.32. The third-order valence-corrected chi connectivity index (χ3v) is 5.70. The van der Waals surface area contributed by atoms with Crippen LogP contribution in [0.25, 0.3) is 10.2 Å². The minimum absolute atomic E-state index is 0.102. The number of hydrogen-bond donors (Lipinski definition) is 3. The van der Waals surface area contributed by atoms with Crippen LogP contribution in [0.1, 0.15) is 53.5 Å². The van der Waals surface area contributed by atoms with Gasteiger partial charge in [0.2, 0.25) is 0 Å². The van der Waals surface area contributed by atoms with Gasteiger partial charge in [0.25, 0.3) is 5.91 Å². The Labute approximate surface area is 150 Å². The lowest BCUT2D eigenvalue weighted by Gasteiger charge is -2.22. The largest absolute Gasteiger partial charge is 0.480 e. The fraction of sp³-hybridized carbons (Fsp3) is 0.588. The van der Waals surface area contributed by atoms with Crippen molar-refractivity contribution in [3.05, 3.63) is 16.6 Å². The number of carboxylic acids is 1. The molecule has 1 fully saturated rings. The highest BCUT2D eigenvalue weighted by atomic mass is 32.1. The molecule has 0 spiro atoms. The maximum atomic E-state index is 12.3. The summed E-state index contributed by atoms with van der Waals surface area (Å²) in [6, 6.07) is 2.36. The van der Waals surface area contributed by atoms with E-state index in [2.05, 4.69) is 15.3 Å². The molecule has 7 nitrogen and oxygen atoms in total. The van der Waals surface area contributed by atoms with Gasteiger partial charge in [-0.3, -0.25) is 14.3 Å². The van der Waals surface area contributed by atoms with Crippen LogP contribution in [0.2, 0.25) is 0 Å². The molecule has 1 amide bonds. The lowest BCUT2D eigenvalue weighted by atomic mass is 9.96. The molecule has 0 bridgehead atoms. The minimum Gasteiger partial charge on any atom is -0.480 e. The Bertz CT molecular complexity index is 761. The van der Waals surface area contributed by atoms with Gasteiger partial charge in [0.1, 0.15) is 4.83 Å². The number of carbonyl (C=O) groups is 2.